The van der Waals surface area contributed by atoms with Gasteiger partial charge in [-0.15, -0.1) is 0 Å². The van der Waals surface area contributed by atoms with E-state index in [-0.39, 0.29) is 24.4 Å². The molecule has 0 aromatic heterocycles. The first-order valence-electron chi connectivity index (χ1n) is 12.2. The molecule has 7 nitrogen and oxygen atoms in total. The Labute approximate surface area is 215 Å². The summed E-state index contributed by atoms with van der Waals surface area (Å²) in [7, 11) is 0. The quantitative estimate of drug-likeness (QED) is 0.433. The molecule has 0 spiro atoms. The zero-order chi connectivity index (χ0) is 26.5. The lowest BCUT2D eigenvalue weighted by Gasteiger charge is -2.25. The van der Waals surface area contributed by atoms with Gasteiger partial charge in [0.25, 0.3) is 5.91 Å². The Kier molecular flexibility index (Phi) is 7.86. The molecule has 3 unspecified atom stereocenters. The fourth-order valence-corrected chi connectivity index (χ4v) is 4.09. The van der Waals surface area contributed by atoms with Gasteiger partial charge in [0.05, 0.1) is 6.54 Å². The Balaban J connectivity index is 1.55. The zero-order valence-corrected chi connectivity index (χ0v) is 21.0. The Morgan fingerprint density at radius 2 is 1.65 bits per heavy atom. The molecule has 3 aromatic carbocycles. The number of halogens is 1. The van der Waals surface area contributed by atoms with E-state index in [1.165, 1.54) is 29.2 Å². The molecule has 4 rings (SSSR count). The van der Waals surface area contributed by atoms with E-state index in [1.54, 1.807) is 24.3 Å². The Morgan fingerprint density at radius 1 is 1.00 bits per heavy atom. The average molecular weight is 504 g/mol. The average Bonchev–Trinajstić information content (AvgIpc) is 3.21. The highest BCUT2D eigenvalue weighted by Gasteiger charge is 2.47. The number of carbonyl (C=O) groups excluding carboxylic acids is 3. The van der Waals surface area contributed by atoms with Gasteiger partial charge in [-0.2, -0.15) is 0 Å². The topological polar surface area (TPSA) is 87.7 Å². The third kappa shape index (κ3) is 6.14. The Morgan fingerprint density at radius 3 is 2.27 bits per heavy atom. The number of aryl methyl sites for hydroxylation is 1. The number of hydrogen-bond donors (Lipinski definition) is 2. The fraction of sp³-hybridized carbons (Fsp3) is 0.276. The highest BCUT2D eigenvalue weighted by molar-refractivity contribution is 6.04. The smallest absolute Gasteiger partial charge is 0.411 e. The van der Waals surface area contributed by atoms with Crippen LogP contribution in [-0.2, 0) is 16.1 Å². The number of benzene rings is 3. The summed E-state index contributed by atoms with van der Waals surface area (Å²) in [5.74, 6) is -1.09. The first kappa shape index (κ1) is 25.9. The van der Waals surface area contributed by atoms with Crippen molar-refractivity contribution in [3.05, 3.63) is 101 Å². The van der Waals surface area contributed by atoms with E-state index in [9.17, 15) is 18.8 Å². The van der Waals surface area contributed by atoms with Gasteiger partial charge in [0.2, 0.25) is 5.91 Å². The maximum atomic E-state index is 13.3. The number of nitrogens with one attached hydrogen (secondary N) is 2. The van der Waals surface area contributed by atoms with E-state index in [0.29, 0.717) is 16.8 Å². The van der Waals surface area contributed by atoms with Gasteiger partial charge in [-0.3, -0.25) is 14.5 Å². The summed E-state index contributed by atoms with van der Waals surface area (Å²) in [5.41, 5.74) is 3.46. The van der Waals surface area contributed by atoms with Gasteiger partial charge < -0.3 is 15.4 Å². The standard InChI is InChI=1S/C29H30FN3O4/c1-4-19(3)31-28(35)25-26(37-29(36)33(25)17-20-7-5-18(2)6-8-20)21-11-15-24(16-12-21)32-27(34)22-9-13-23(30)14-10-22/h5-16,19,25-26H,4,17H2,1-3H3,(H,31,35)(H,32,34). The second kappa shape index (κ2) is 11.2. The zero-order valence-electron chi connectivity index (χ0n) is 21.0. The van der Waals surface area contributed by atoms with Crippen LogP contribution in [0.1, 0.15) is 53.4 Å². The van der Waals surface area contributed by atoms with Crippen LogP contribution in [-0.4, -0.2) is 34.9 Å². The lowest BCUT2D eigenvalue weighted by Crippen LogP contribution is -2.48. The van der Waals surface area contributed by atoms with Gasteiger partial charge in [0.1, 0.15) is 5.82 Å². The van der Waals surface area contributed by atoms with Crippen LogP contribution >= 0.6 is 0 Å². The van der Waals surface area contributed by atoms with Crippen LogP contribution in [0.4, 0.5) is 14.9 Å². The largest absolute Gasteiger partial charge is 0.438 e. The minimum absolute atomic E-state index is 0.0610. The molecule has 0 bridgehead atoms. The number of rotatable bonds is 8. The summed E-state index contributed by atoms with van der Waals surface area (Å²) in [6.45, 7) is 6.10. The summed E-state index contributed by atoms with van der Waals surface area (Å²) < 4.78 is 18.9. The Hall–Kier alpha value is -4.20. The molecule has 0 saturated carbocycles. The van der Waals surface area contributed by atoms with Gasteiger partial charge in [0, 0.05) is 17.3 Å². The van der Waals surface area contributed by atoms with Crippen LogP contribution in [0.2, 0.25) is 0 Å². The van der Waals surface area contributed by atoms with Crippen molar-refractivity contribution in [3.8, 4) is 0 Å². The van der Waals surface area contributed by atoms with E-state index >= 15 is 0 Å². The minimum atomic E-state index is -0.859. The fourth-order valence-electron chi connectivity index (χ4n) is 4.09. The van der Waals surface area contributed by atoms with Crippen molar-refractivity contribution in [2.45, 2.75) is 51.9 Å². The van der Waals surface area contributed by atoms with Crippen molar-refractivity contribution >= 4 is 23.6 Å². The number of cyclic esters (lactones) is 1. The summed E-state index contributed by atoms with van der Waals surface area (Å²) in [6, 6.07) is 18.9. The molecule has 1 heterocycles. The maximum Gasteiger partial charge on any atom is 0.411 e. The SMILES string of the molecule is CCC(C)NC(=O)C1C(c2ccc(NC(=O)c3ccc(F)cc3)cc2)OC(=O)N1Cc1ccc(C)cc1. The second-order valence-corrected chi connectivity index (χ2v) is 9.26. The van der Waals surface area contributed by atoms with Crippen molar-refractivity contribution in [1.82, 2.24) is 10.2 Å². The number of anilines is 1. The van der Waals surface area contributed by atoms with Crippen LogP contribution < -0.4 is 10.6 Å². The number of ether oxygens (including phenoxy) is 1. The molecule has 1 fully saturated rings. The van der Waals surface area contributed by atoms with Crippen LogP contribution in [0.25, 0.3) is 0 Å². The van der Waals surface area contributed by atoms with E-state index in [2.05, 4.69) is 10.6 Å². The molecule has 0 aliphatic carbocycles. The summed E-state index contributed by atoms with van der Waals surface area (Å²) >= 11 is 0. The molecule has 2 N–H and O–H groups in total. The van der Waals surface area contributed by atoms with Gasteiger partial charge in [-0.1, -0.05) is 48.9 Å². The molecule has 1 aliphatic rings. The minimum Gasteiger partial charge on any atom is -0.438 e. The molecule has 192 valence electrons. The van der Waals surface area contributed by atoms with E-state index < -0.39 is 24.1 Å². The van der Waals surface area contributed by atoms with Crippen LogP contribution in [0.15, 0.2) is 72.8 Å². The number of hydrogen-bond acceptors (Lipinski definition) is 4. The molecule has 3 aromatic rings. The monoisotopic (exact) mass is 503 g/mol. The summed E-state index contributed by atoms with van der Waals surface area (Å²) in [5, 5.41) is 5.74. The third-order valence-electron chi connectivity index (χ3n) is 6.43. The lowest BCUT2D eigenvalue weighted by atomic mass is 9.99. The number of carbonyl (C=O) groups is 3. The summed E-state index contributed by atoms with van der Waals surface area (Å²) in [6.07, 6.45) is -0.634. The molecule has 3 atom stereocenters. The molecule has 8 heteroatoms. The van der Waals surface area contributed by atoms with Gasteiger partial charge in [-0.05, 0) is 67.8 Å². The number of amides is 3. The summed E-state index contributed by atoms with van der Waals surface area (Å²) in [4.78, 5) is 40.2. The molecular weight excluding hydrogens is 473 g/mol. The van der Waals surface area contributed by atoms with E-state index in [4.69, 9.17) is 4.74 Å². The van der Waals surface area contributed by atoms with Gasteiger partial charge >= 0.3 is 6.09 Å². The van der Waals surface area contributed by atoms with Crippen LogP contribution in [0.3, 0.4) is 0 Å². The molecule has 37 heavy (non-hydrogen) atoms. The third-order valence-corrected chi connectivity index (χ3v) is 6.43. The molecule has 3 amide bonds. The highest BCUT2D eigenvalue weighted by atomic mass is 19.1. The Bertz CT molecular complexity index is 1260. The number of nitrogens with zero attached hydrogens (tertiary/aromatic N) is 1. The molecule has 1 saturated heterocycles. The van der Waals surface area contributed by atoms with Gasteiger partial charge in [-0.25, -0.2) is 9.18 Å². The van der Waals surface area contributed by atoms with Crippen LogP contribution in [0.5, 0.6) is 0 Å². The van der Waals surface area contributed by atoms with Crippen LogP contribution in [0, 0.1) is 12.7 Å². The lowest BCUT2D eigenvalue weighted by molar-refractivity contribution is -0.127. The molecular formula is C29H30FN3O4. The highest BCUT2D eigenvalue weighted by Crippen LogP contribution is 2.34. The predicted octanol–water partition coefficient (Wildman–Crippen LogP) is 5.36. The molecule has 1 aliphatic heterocycles. The van der Waals surface area contributed by atoms with E-state index in [1.807, 2.05) is 45.0 Å². The van der Waals surface area contributed by atoms with Crippen molar-refractivity contribution in [1.29, 1.82) is 0 Å². The molecule has 0 radical (unpaired) electrons. The van der Waals surface area contributed by atoms with Crippen molar-refractivity contribution in [3.63, 3.8) is 0 Å². The second-order valence-electron chi connectivity index (χ2n) is 9.26. The maximum absolute atomic E-state index is 13.3. The first-order chi connectivity index (χ1) is 17.7. The van der Waals surface area contributed by atoms with E-state index in [0.717, 1.165) is 17.5 Å². The van der Waals surface area contributed by atoms with Crippen molar-refractivity contribution in [2.75, 3.05) is 5.32 Å². The normalized spacial score (nSPS) is 17.7. The van der Waals surface area contributed by atoms with Crippen molar-refractivity contribution < 1.29 is 23.5 Å². The predicted molar refractivity (Wildman–Crippen MR) is 138 cm³/mol. The van der Waals surface area contributed by atoms with Gasteiger partial charge in [0.15, 0.2) is 12.1 Å². The first-order valence-corrected chi connectivity index (χ1v) is 12.2. The van der Waals surface area contributed by atoms with Crippen molar-refractivity contribution in [2.24, 2.45) is 0 Å².